The van der Waals surface area contributed by atoms with E-state index in [2.05, 4.69) is 5.32 Å². The van der Waals surface area contributed by atoms with Gasteiger partial charge in [-0.1, -0.05) is 42.3 Å². The van der Waals surface area contributed by atoms with Crippen LogP contribution in [0.15, 0.2) is 48.1 Å². The van der Waals surface area contributed by atoms with Crippen LogP contribution in [0.25, 0.3) is 0 Å². The molecule has 0 spiro atoms. The van der Waals surface area contributed by atoms with Crippen LogP contribution in [0.4, 0.5) is 10.5 Å². The number of benzene rings is 1. The van der Waals surface area contributed by atoms with Crippen molar-refractivity contribution < 1.29 is 33.6 Å². The van der Waals surface area contributed by atoms with E-state index in [1.807, 2.05) is 39.0 Å². The van der Waals surface area contributed by atoms with Gasteiger partial charge in [0.2, 0.25) is 0 Å². The number of halogens is 1. The number of amides is 2. The van der Waals surface area contributed by atoms with Crippen LogP contribution >= 0.6 is 11.6 Å². The molecule has 1 aromatic rings. The SMILES string of the molecule is COc1cc2cc(c1Cl)N(C)C(=O)C=C[C@@]1(C)O[C@H]1[C@H](C)[C@@H]1C[C@@](O)(NC(=O)O1)[C@H](OC)C=CC=C(C)C2. The van der Waals surface area contributed by atoms with Crippen molar-refractivity contribution in [3.8, 4) is 5.75 Å². The first-order valence-electron chi connectivity index (χ1n) is 12.5. The Kier molecular flexibility index (Phi) is 7.95. The third kappa shape index (κ3) is 5.61. The predicted molar refractivity (Wildman–Crippen MR) is 143 cm³/mol. The van der Waals surface area contributed by atoms with Gasteiger partial charge in [-0.25, -0.2) is 4.79 Å². The molecule has 10 heteroatoms. The molecule has 0 saturated carbocycles. The number of ether oxygens (including phenoxy) is 4. The lowest BCUT2D eigenvalue weighted by Gasteiger charge is -2.42. The third-order valence-electron chi connectivity index (χ3n) is 7.46. The standard InChI is InChI=1S/C28H35ClN2O7/c1-16-8-7-9-22(36-6)28(34)15-21(37-26(33)30-28)17(2)25-27(3,38-25)11-10-23(32)31(4)19-13-18(12-16)14-20(35-5)24(19)29/h7-11,13-14,17,21-22,25,34H,12,15H2,1-6H3,(H,30,33)/t17-,21+,22-,25+,27-,28+/m1/s1. The number of nitrogens with zero attached hydrogens (tertiary/aromatic N) is 1. The molecule has 2 saturated heterocycles. The van der Waals surface area contributed by atoms with Crippen LogP contribution < -0.4 is 15.0 Å². The Bertz CT molecular complexity index is 1200. The first-order chi connectivity index (χ1) is 17.9. The normalized spacial score (nSPS) is 33.7. The number of allylic oxidation sites excluding steroid dienone is 3. The zero-order chi connectivity index (χ0) is 27.8. The number of rotatable bonds is 2. The number of methoxy groups -OCH3 is 2. The van der Waals surface area contributed by atoms with E-state index in [-0.39, 0.29) is 24.3 Å². The lowest BCUT2D eigenvalue weighted by atomic mass is 9.85. The van der Waals surface area contributed by atoms with E-state index in [4.69, 9.17) is 30.5 Å². The number of hydrogen-bond donors (Lipinski definition) is 2. The molecule has 1 aromatic carbocycles. The van der Waals surface area contributed by atoms with Gasteiger partial charge in [0.1, 0.15) is 28.6 Å². The molecule has 0 aromatic heterocycles. The van der Waals surface area contributed by atoms with Gasteiger partial charge in [-0.3, -0.25) is 10.1 Å². The van der Waals surface area contributed by atoms with Gasteiger partial charge in [0, 0.05) is 32.6 Å². The Morgan fingerprint density at radius 2 is 2.00 bits per heavy atom. The first-order valence-corrected chi connectivity index (χ1v) is 12.9. The average molecular weight is 547 g/mol. The monoisotopic (exact) mass is 546 g/mol. The summed E-state index contributed by atoms with van der Waals surface area (Å²) in [5.74, 6) is -0.0859. The number of epoxide rings is 1. The Morgan fingerprint density at radius 1 is 1.26 bits per heavy atom. The maximum atomic E-state index is 13.1. The van der Waals surface area contributed by atoms with Gasteiger partial charge < -0.3 is 29.0 Å². The van der Waals surface area contributed by atoms with Gasteiger partial charge in [-0.05, 0) is 44.0 Å². The van der Waals surface area contributed by atoms with Crippen molar-refractivity contribution in [2.45, 2.75) is 63.3 Å². The van der Waals surface area contributed by atoms with Crippen molar-refractivity contribution in [2.24, 2.45) is 5.92 Å². The third-order valence-corrected chi connectivity index (χ3v) is 7.84. The van der Waals surface area contributed by atoms with Gasteiger partial charge in [0.15, 0.2) is 5.72 Å². The molecular formula is C28H35ClN2O7. The van der Waals surface area contributed by atoms with Crippen LogP contribution in [0, 0.1) is 5.92 Å². The molecule has 0 radical (unpaired) electrons. The number of hydrogen-bond acceptors (Lipinski definition) is 7. The average Bonchev–Trinajstić information content (AvgIpc) is 3.55. The molecule has 2 N–H and O–H groups in total. The van der Waals surface area contributed by atoms with E-state index in [0.717, 1.165) is 11.1 Å². The van der Waals surface area contributed by atoms with Gasteiger partial charge in [-0.15, -0.1) is 0 Å². The van der Waals surface area contributed by atoms with E-state index in [9.17, 15) is 14.7 Å². The van der Waals surface area contributed by atoms with Crippen LogP contribution in [0.1, 0.15) is 32.8 Å². The molecule has 3 aliphatic rings. The lowest BCUT2D eigenvalue weighted by molar-refractivity contribution is -0.142. The zero-order valence-corrected chi connectivity index (χ0v) is 23.2. The van der Waals surface area contributed by atoms with Gasteiger partial charge >= 0.3 is 6.09 Å². The van der Waals surface area contributed by atoms with E-state index < -0.39 is 29.6 Å². The van der Waals surface area contributed by atoms with E-state index in [0.29, 0.717) is 22.9 Å². The predicted octanol–water partition coefficient (Wildman–Crippen LogP) is 3.92. The summed E-state index contributed by atoms with van der Waals surface area (Å²) in [4.78, 5) is 27.0. The van der Waals surface area contributed by atoms with Crippen LogP contribution in [0.2, 0.25) is 5.02 Å². The second-order valence-electron chi connectivity index (χ2n) is 10.4. The van der Waals surface area contributed by atoms with Crippen LogP contribution in [-0.2, 0) is 25.4 Å². The Hall–Kier alpha value is -2.85. The second kappa shape index (κ2) is 10.7. The molecule has 0 aliphatic carbocycles. The summed E-state index contributed by atoms with van der Waals surface area (Å²) in [5, 5.41) is 14.3. The first kappa shape index (κ1) is 28.2. The minimum atomic E-state index is -1.68. The molecule has 38 heavy (non-hydrogen) atoms. The fraction of sp³-hybridized carbons (Fsp3) is 0.500. The van der Waals surface area contributed by atoms with Crippen LogP contribution in [0.5, 0.6) is 5.75 Å². The maximum Gasteiger partial charge on any atom is 0.409 e. The Balaban J connectivity index is 1.75. The highest BCUT2D eigenvalue weighted by molar-refractivity contribution is 6.35. The van der Waals surface area contributed by atoms with Gasteiger partial charge in [-0.2, -0.15) is 0 Å². The Labute approximate surface area is 228 Å². The fourth-order valence-electron chi connectivity index (χ4n) is 5.16. The van der Waals surface area contributed by atoms with Crippen LogP contribution in [0.3, 0.4) is 0 Å². The highest BCUT2D eigenvalue weighted by atomic mass is 35.5. The molecule has 2 fully saturated rings. The topological polar surface area (TPSA) is 110 Å². The quantitative estimate of drug-likeness (QED) is 0.541. The molecule has 2 amide bonds. The number of nitrogens with one attached hydrogen (secondary N) is 1. The molecule has 4 rings (SSSR count). The summed E-state index contributed by atoms with van der Waals surface area (Å²) in [7, 11) is 4.66. The lowest BCUT2D eigenvalue weighted by Crippen LogP contribution is -2.63. The van der Waals surface area contributed by atoms with E-state index in [1.165, 1.54) is 25.2 Å². The summed E-state index contributed by atoms with van der Waals surface area (Å²) in [5.41, 5.74) is 0.00882. The van der Waals surface area contributed by atoms with Crippen molar-refractivity contribution in [1.82, 2.24) is 5.32 Å². The maximum absolute atomic E-state index is 13.1. The molecule has 0 unspecified atom stereocenters. The number of aliphatic hydroxyl groups is 1. The van der Waals surface area contributed by atoms with Crippen molar-refractivity contribution in [3.05, 3.63) is 58.7 Å². The highest BCUT2D eigenvalue weighted by Gasteiger charge is 2.58. The number of carbonyl (C=O) groups excluding carboxylic acids is 2. The number of alkyl carbamates (subject to hydrolysis) is 1. The summed E-state index contributed by atoms with van der Waals surface area (Å²) < 4.78 is 22.5. The van der Waals surface area contributed by atoms with Crippen molar-refractivity contribution in [1.29, 1.82) is 0 Å². The van der Waals surface area contributed by atoms with Crippen LogP contribution in [-0.4, -0.2) is 68.0 Å². The number of likely N-dealkylation sites (N-methyl/N-ethyl adjacent to an activating group) is 1. The van der Waals surface area contributed by atoms with E-state index >= 15 is 0 Å². The molecular weight excluding hydrogens is 512 g/mol. The summed E-state index contributed by atoms with van der Waals surface area (Å²) >= 11 is 6.58. The van der Waals surface area contributed by atoms with Crippen molar-refractivity contribution in [2.75, 3.05) is 26.2 Å². The molecule has 206 valence electrons. The fourth-order valence-corrected chi connectivity index (χ4v) is 5.47. The summed E-state index contributed by atoms with van der Waals surface area (Å²) in [6.07, 6.45) is 6.68. The molecule has 3 heterocycles. The number of carbonyl (C=O) groups is 2. The molecule has 3 aliphatic heterocycles. The van der Waals surface area contributed by atoms with Crippen molar-refractivity contribution >= 4 is 29.3 Å². The zero-order valence-electron chi connectivity index (χ0n) is 22.5. The molecule has 9 nitrogen and oxygen atoms in total. The van der Waals surface area contributed by atoms with Crippen molar-refractivity contribution in [3.63, 3.8) is 0 Å². The Morgan fingerprint density at radius 3 is 2.68 bits per heavy atom. The second-order valence-corrected chi connectivity index (χ2v) is 10.7. The minimum absolute atomic E-state index is 0.0941. The van der Waals surface area contributed by atoms with Gasteiger partial charge in [0.25, 0.3) is 5.91 Å². The molecule has 4 bridgehead atoms. The largest absolute Gasteiger partial charge is 0.495 e. The van der Waals surface area contributed by atoms with E-state index in [1.54, 1.807) is 25.3 Å². The minimum Gasteiger partial charge on any atom is -0.495 e. The van der Waals surface area contributed by atoms with Gasteiger partial charge in [0.05, 0.1) is 18.9 Å². The number of anilines is 1. The summed E-state index contributed by atoms with van der Waals surface area (Å²) in [6, 6.07) is 3.70. The number of fused-ring (bicyclic) bond motifs is 5. The smallest absolute Gasteiger partial charge is 0.409 e. The summed E-state index contributed by atoms with van der Waals surface area (Å²) in [6.45, 7) is 5.72. The highest BCUT2D eigenvalue weighted by Crippen LogP contribution is 2.46. The molecule has 6 atom stereocenters.